The minimum Gasteiger partial charge on any atom is -0.508 e. The lowest BCUT2D eigenvalue weighted by Gasteiger charge is -2.36. The van der Waals surface area contributed by atoms with Crippen LogP contribution < -0.4 is 14.4 Å². The zero-order chi connectivity index (χ0) is 17.8. The van der Waals surface area contributed by atoms with Crippen molar-refractivity contribution in [3.63, 3.8) is 0 Å². The smallest absolute Gasteiger partial charge is 0.254 e. The molecule has 1 aliphatic rings. The van der Waals surface area contributed by atoms with Crippen molar-refractivity contribution in [2.24, 2.45) is 0 Å². The first-order valence-corrected chi connectivity index (χ1v) is 8.17. The third-order valence-corrected chi connectivity index (χ3v) is 4.41. The van der Waals surface area contributed by atoms with Crippen molar-refractivity contribution in [3.05, 3.63) is 48.0 Å². The highest BCUT2D eigenvalue weighted by Gasteiger charge is 2.23. The molecule has 132 valence electrons. The van der Waals surface area contributed by atoms with Crippen molar-refractivity contribution >= 4 is 11.6 Å². The van der Waals surface area contributed by atoms with E-state index in [1.54, 1.807) is 44.6 Å². The molecule has 6 heteroatoms. The molecule has 0 unspecified atom stereocenters. The minimum absolute atomic E-state index is 0.00805. The van der Waals surface area contributed by atoms with E-state index in [4.69, 9.17) is 9.47 Å². The molecule has 6 nitrogen and oxygen atoms in total. The summed E-state index contributed by atoms with van der Waals surface area (Å²) in [5, 5.41) is 9.39. The number of nitrogens with zero attached hydrogens (tertiary/aromatic N) is 2. The second-order valence-electron chi connectivity index (χ2n) is 5.87. The summed E-state index contributed by atoms with van der Waals surface area (Å²) < 4.78 is 10.5. The number of rotatable bonds is 4. The molecule has 1 heterocycles. The molecule has 1 aliphatic heterocycles. The molecule has 0 bridgehead atoms. The topological polar surface area (TPSA) is 62.2 Å². The molecule has 1 N–H and O–H groups in total. The zero-order valence-corrected chi connectivity index (χ0v) is 14.4. The molecular weight excluding hydrogens is 320 g/mol. The Labute approximate surface area is 147 Å². The van der Waals surface area contributed by atoms with Gasteiger partial charge in [-0.1, -0.05) is 0 Å². The van der Waals surface area contributed by atoms with Crippen LogP contribution in [0.5, 0.6) is 17.2 Å². The van der Waals surface area contributed by atoms with Gasteiger partial charge in [-0.2, -0.15) is 0 Å². The van der Waals surface area contributed by atoms with Gasteiger partial charge in [0.25, 0.3) is 5.91 Å². The number of hydrogen-bond acceptors (Lipinski definition) is 5. The minimum atomic E-state index is -0.00805. The third-order valence-electron chi connectivity index (χ3n) is 4.41. The number of phenols is 1. The Morgan fingerprint density at radius 2 is 1.56 bits per heavy atom. The molecule has 0 spiro atoms. The molecule has 1 amide bonds. The van der Waals surface area contributed by atoms with Crippen LogP contribution >= 0.6 is 0 Å². The van der Waals surface area contributed by atoms with Gasteiger partial charge in [-0.15, -0.1) is 0 Å². The lowest BCUT2D eigenvalue weighted by Crippen LogP contribution is -2.48. The maximum atomic E-state index is 12.7. The van der Waals surface area contributed by atoms with Gasteiger partial charge in [0.05, 0.1) is 14.2 Å². The van der Waals surface area contributed by atoms with Gasteiger partial charge >= 0.3 is 0 Å². The summed E-state index contributed by atoms with van der Waals surface area (Å²) in [6, 6.07) is 12.4. The van der Waals surface area contributed by atoms with Crippen molar-refractivity contribution in [3.8, 4) is 17.2 Å². The second-order valence-corrected chi connectivity index (χ2v) is 5.87. The summed E-state index contributed by atoms with van der Waals surface area (Å²) in [6.07, 6.45) is 0. The monoisotopic (exact) mass is 342 g/mol. The second kappa shape index (κ2) is 7.34. The molecule has 0 saturated carbocycles. The lowest BCUT2D eigenvalue weighted by atomic mass is 10.1. The predicted octanol–water partition coefficient (Wildman–Crippen LogP) is 2.37. The van der Waals surface area contributed by atoms with Gasteiger partial charge in [0.1, 0.15) is 5.75 Å². The Morgan fingerprint density at radius 3 is 2.16 bits per heavy atom. The van der Waals surface area contributed by atoms with Gasteiger partial charge in [0, 0.05) is 37.4 Å². The van der Waals surface area contributed by atoms with Crippen LogP contribution in [0.3, 0.4) is 0 Å². The number of piperazine rings is 1. The number of ether oxygens (including phenoxy) is 2. The molecule has 0 aromatic heterocycles. The number of anilines is 1. The molecule has 0 radical (unpaired) electrons. The van der Waals surface area contributed by atoms with Crippen molar-refractivity contribution in [1.29, 1.82) is 0 Å². The maximum Gasteiger partial charge on any atom is 0.254 e. The SMILES string of the molecule is COc1ccc(C(=O)N2CCN(c3ccc(O)cc3)CC2)cc1OC. The van der Waals surface area contributed by atoms with Gasteiger partial charge < -0.3 is 24.4 Å². The Morgan fingerprint density at radius 1 is 0.920 bits per heavy atom. The standard InChI is InChI=1S/C19H22N2O4/c1-24-17-8-3-14(13-18(17)25-2)19(23)21-11-9-20(10-12-21)15-4-6-16(22)7-5-15/h3-8,13,22H,9-12H2,1-2H3. The van der Waals surface area contributed by atoms with E-state index in [0.717, 1.165) is 18.8 Å². The number of benzene rings is 2. The van der Waals surface area contributed by atoms with Crippen molar-refractivity contribution in [2.45, 2.75) is 0 Å². The molecule has 0 aliphatic carbocycles. The number of carbonyl (C=O) groups is 1. The van der Waals surface area contributed by atoms with Gasteiger partial charge in [-0.25, -0.2) is 0 Å². The van der Waals surface area contributed by atoms with Crippen LogP contribution in [0.1, 0.15) is 10.4 Å². The van der Waals surface area contributed by atoms with Gasteiger partial charge in [0.2, 0.25) is 0 Å². The van der Waals surface area contributed by atoms with E-state index in [2.05, 4.69) is 4.90 Å². The first-order chi connectivity index (χ1) is 12.1. The third kappa shape index (κ3) is 3.63. The summed E-state index contributed by atoms with van der Waals surface area (Å²) in [6.45, 7) is 2.80. The van der Waals surface area contributed by atoms with Crippen LogP contribution in [0.25, 0.3) is 0 Å². The summed E-state index contributed by atoms with van der Waals surface area (Å²) in [5.74, 6) is 1.41. The van der Waals surface area contributed by atoms with Crippen LogP contribution in [-0.2, 0) is 0 Å². The number of amides is 1. The Kier molecular flexibility index (Phi) is 4.97. The molecule has 2 aromatic rings. The molecule has 3 rings (SSSR count). The summed E-state index contributed by atoms with van der Waals surface area (Å²) in [7, 11) is 3.13. The van der Waals surface area contributed by atoms with E-state index in [-0.39, 0.29) is 11.7 Å². The lowest BCUT2D eigenvalue weighted by molar-refractivity contribution is 0.0746. The van der Waals surface area contributed by atoms with E-state index >= 15 is 0 Å². The van der Waals surface area contributed by atoms with E-state index in [0.29, 0.717) is 30.2 Å². The van der Waals surface area contributed by atoms with Crippen molar-refractivity contribution in [1.82, 2.24) is 4.90 Å². The van der Waals surface area contributed by atoms with E-state index in [1.807, 2.05) is 17.0 Å². The van der Waals surface area contributed by atoms with Crippen LogP contribution in [-0.4, -0.2) is 56.3 Å². The Balaban J connectivity index is 1.66. The average Bonchev–Trinajstić information content (AvgIpc) is 2.67. The predicted molar refractivity (Wildman–Crippen MR) is 95.8 cm³/mol. The summed E-state index contributed by atoms with van der Waals surface area (Å²) >= 11 is 0. The van der Waals surface area contributed by atoms with E-state index in [9.17, 15) is 9.90 Å². The number of aromatic hydroxyl groups is 1. The molecule has 1 fully saturated rings. The number of methoxy groups -OCH3 is 2. The first-order valence-electron chi connectivity index (χ1n) is 8.17. The van der Waals surface area contributed by atoms with E-state index < -0.39 is 0 Å². The highest BCUT2D eigenvalue weighted by Crippen LogP contribution is 2.28. The maximum absolute atomic E-state index is 12.7. The highest BCUT2D eigenvalue weighted by molar-refractivity contribution is 5.95. The fourth-order valence-electron chi connectivity index (χ4n) is 2.98. The van der Waals surface area contributed by atoms with Gasteiger partial charge in [-0.05, 0) is 42.5 Å². The number of carbonyl (C=O) groups excluding carboxylic acids is 1. The Bertz CT molecular complexity index is 738. The molecular formula is C19H22N2O4. The van der Waals surface area contributed by atoms with Crippen LogP contribution in [0, 0.1) is 0 Å². The largest absolute Gasteiger partial charge is 0.508 e. The van der Waals surface area contributed by atoms with Crippen LogP contribution in [0.4, 0.5) is 5.69 Å². The first kappa shape index (κ1) is 17.0. The van der Waals surface area contributed by atoms with Crippen molar-refractivity contribution < 1.29 is 19.4 Å². The quantitative estimate of drug-likeness (QED) is 0.924. The number of phenolic OH excluding ortho intramolecular Hbond substituents is 1. The van der Waals surface area contributed by atoms with Crippen LogP contribution in [0.15, 0.2) is 42.5 Å². The molecule has 1 saturated heterocycles. The average molecular weight is 342 g/mol. The molecule has 0 atom stereocenters. The normalized spacial score (nSPS) is 14.3. The van der Waals surface area contributed by atoms with Crippen molar-refractivity contribution in [2.75, 3.05) is 45.3 Å². The Hall–Kier alpha value is -2.89. The summed E-state index contributed by atoms with van der Waals surface area (Å²) in [5.41, 5.74) is 1.65. The summed E-state index contributed by atoms with van der Waals surface area (Å²) in [4.78, 5) is 16.8. The number of hydrogen-bond donors (Lipinski definition) is 1. The van der Waals surface area contributed by atoms with E-state index in [1.165, 1.54) is 0 Å². The fourth-order valence-corrected chi connectivity index (χ4v) is 2.98. The van der Waals surface area contributed by atoms with Gasteiger partial charge in [-0.3, -0.25) is 4.79 Å². The van der Waals surface area contributed by atoms with Crippen LogP contribution in [0.2, 0.25) is 0 Å². The highest BCUT2D eigenvalue weighted by atomic mass is 16.5. The molecule has 2 aromatic carbocycles. The fraction of sp³-hybridized carbons (Fsp3) is 0.316. The van der Waals surface area contributed by atoms with Gasteiger partial charge in [0.15, 0.2) is 11.5 Å². The molecule has 25 heavy (non-hydrogen) atoms. The zero-order valence-electron chi connectivity index (χ0n) is 14.4.